The van der Waals surface area contributed by atoms with E-state index in [4.69, 9.17) is 19.4 Å². The third-order valence-corrected chi connectivity index (χ3v) is 11.0. The molecule has 256 valence electrons. The van der Waals surface area contributed by atoms with E-state index in [0.717, 1.165) is 77.0 Å². The molecule has 8 aromatic carbocycles. The maximum absolute atomic E-state index is 6.19. The van der Waals surface area contributed by atoms with Gasteiger partial charge in [-0.05, 0) is 59.3 Å². The molecule has 6 nitrogen and oxygen atoms in total. The van der Waals surface area contributed by atoms with Gasteiger partial charge in [0.15, 0.2) is 11.6 Å². The standard InChI is InChI=1S/C49H29N5O/c1-2-13-31(14-3-1)47-50-48(33-23-27-44-40(29-33)37-18-8-11-21-43(37)55-44)52-49(51-47)54-42-20-10-7-17-36(42)39-26-25-38-35-16-6-9-19-41(35)53(45(38)46(39)54)34-24-22-30-12-4-5-15-32(30)28-34/h1-29H. The Bertz CT molecular complexity index is 3500. The second kappa shape index (κ2) is 11.5. The SMILES string of the molecule is c1ccc(-c2nc(-c3ccc4oc5ccccc5c4c3)nc(-n3c4ccccc4c4ccc5c6ccccc6n(-c6ccc7ccccc7c6)c5c43)n2)cc1. The summed E-state index contributed by atoms with van der Waals surface area (Å²) in [6.07, 6.45) is 0. The third kappa shape index (κ3) is 4.46. The van der Waals surface area contributed by atoms with Crippen LogP contribution >= 0.6 is 0 Å². The number of hydrogen-bond donors (Lipinski definition) is 0. The lowest BCUT2D eigenvalue weighted by molar-refractivity contribution is 0.669. The van der Waals surface area contributed by atoms with E-state index >= 15 is 0 Å². The molecule has 0 aliphatic rings. The number of nitrogens with zero attached hydrogens (tertiary/aromatic N) is 5. The van der Waals surface area contributed by atoms with Gasteiger partial charge in [-0.2, -0.15) is 9.97 Å². The molecule has 0 aliphatic carbocycles. The summed E-state index contributed by atoms with van der Waals surface area (Å²) >= 11 is 0. The minimum Gasteiger partial charge on any atom is -0.456 e. The summed E-state index contributed by atoms with van der Waals surface area (Å²) < 4.78 is 10.8. The minimum absolute atomic E-state index is 0.551. The first-order valence-corrected chi connectivity index (χ1v) is 18.4. The molecule has 0 fully saturated rings. The van der Waals surface area contributed by atoms with Crippen LogP contribution in [0.4, 0.5) is 0 Å². The summed E-state index contributed by atoms with van der Waals surface area (Å²) in [6, 6.07) is 61.5. The summed E-state index contributed by atoms with van der Waals surface area (Å²) in [4.78, 5) is 15.8. The smallest absolute Gasteiger partial charge is 0.238 e. The van der Waals surface area contributed by atoms with Gasteiger partial charge >= 0.3 is 0 Å². The lowest BCUT2D eigenvalue weighted by Gasteiger charge is -2.13. The molecule has 0 N–H and O–H groups in total. The van der Waals surface area contributed by atoms with E-state index in [-0.39, 0.29) is 0 Å². The molecule has 0 unspecified atom stereocenters. The lowest BCUT2D eigenvalue weighted by Crippen LogP contribution is -2.07. The van der Waals surface area contributed by atoms with Crippen molar-refractivity contribution >= 4 is 76.3 Å². The van der Waals surface area contributed by atoms with Crippen molar-refractivity contribution in [2.45, 2.75) is 0 Å². The molecule has 55 heavy (non-hydrogen) atoms. The first-order valence-electron chi connectivity index (χ1n) is 18.4. The van der Waals surface area contributed by atoms with Crippen LogP contribution in [0.15, 0.2) is 180 Å². The molecule has 0 saturated carbocycles. The highest BCUT2D eigenvalue weighted by Gasteiger charge is 2.23. The Morgan fingerprint density at radius 3 is 1.75 bits per heavy atom. The zero-order valence-electron chi connectivity index (χ0n) is 29.4. The fraction of sp³-hybridized carbons (Fsp3) is 0. The highest BCUT2D eigenvalue weighted by molar-refractivity contribution is 6.23. The quantitative estimate of drug-likeness (QED) is 0.183. The fourth-order valence-electron chi connectivity index (χ4n) is 8.47. The average molecular weight is 704 g/mol. The number of fused-ring (bicyclic) bond motifs is 11. The first-order chi connectivity index (χ1) is 27.3. The van der Waals surface area contributed by atoms with Gasteiger partial charge in [0.05, 0.1) is 22.1 Å². The Labute approximate surface area is 314 Å². The van der Waals surface area contributed by atoms with Crippen LogP contribution in [0.1, 0.15) is 0 Å². The molecule has 4 heterocycles. The minimum atomic E-state index is 0.551. The van der Waals surface area contributed by atoms with Crippen molar-refractivity contribution in [3.63, 3.8) is 0 Å². The summed E-state index contributed by atoms with van der Waals surface area (Å²) in [5.74, 6) is 1.74. The Morgan fingerprint density at radius 1 is 0.364 bits per heavy atom. The summed E-state index contributed by atoms with van der Waals surface area (Å²) in [6.45, 7) is 0. The van der Waals surface area contributed by atoms with Gasteiger partial charge in [-0.15, -0.1) is 0 Å². The van der Waals surface area contributed by atoms with Crippen LogP contribution in [-0.2, 0) is 0 Å². The van der Waals surface area contributed by atoms with Crippen LogP contribution in [0.3, 0.4) is 0 Å². The Balaban J connectivity index is 1.21. The number of para-hydroxylation sites is 3. The highest BCUT2D eigenvalue weighted by atomic mass is 16.3. The van der Waals surface area contributed by atoms with Gasteiger partial charge in [0.2, 0.25) is 5.95 Å². The largest absolute Gasteiger partial charge is 0.456 e. The molecule has 0 spiro atoms. The van der Waals surface area contributed by atoms with Crippen molar-refractivity contribution in [1.29, 1.82) is 0 Å². The molecule has 12 rings (SSSR count). The second-order valence-electron chi connectivity index (χ2n) is 14.1. The van der Waals surface area contributed by atoms with Crippen LogP contribution < -0.4 is 0 Å². The van der Waals surface area contributed by atoms with Gasteiger partial charge in [0.25, 0.3) is 0 Å². The Hall–Kier alpha value is -7.57. The average Bonchev–Trinajstić information content (AvgIpc) is 3.91. The van der Waals surface area contributed by atoms with Gasteiger partial charge in [0.1, 0.15) is 11.2 Å². The summed E-state index contributed by atoms with van der Waals surface area (Å²) in [5, 5.41) is 9.08. The summed E-state index contributed by atoms with van der Waals surface area (Å²) in [7, 11) is 0. The maximum atomic E-state index is 6.19. The van der Waals surface area contributed by atoms with E-state index in [1.165, 1.54) is 16.2 Å². The Kier molecular flexibility index (Phi) is 6.24. The number of benzene rings is 8. The molecule has 0 atom stereocenters. The van der Waals surface area contributed by atoms with Gasteiger partial charge in [-0.1, -0.05) is 127 Å². The molecule has 0 bridgehead atoms. The van der Waals surface area contributed by atoms with Crippen LogP contribution in [0, 0.1) is 0 Å². The van der Waals surface area contributed by atoms with Crippen molar-refractivity contribution < 1.29 is 4.42 Å². The number of hydrogen-bond acceptors (Lipinski definition) is 4. The predicted molar refractivity (Wildman–Crippen MR) is 224 cm³/mol. The van der Waals surface area contributed by atoms with Crippen LogP contribution in [0.25, 0.3) is 111 Å². The van der Waals surface area contributed by atoms with Gasteiger partial charge in [-0.3, -0.25) is 4.57 Å². The zero-order valence-corrected chi connectivity index (χ0v) is 29.4. The van der Waals surface area contributed by atoms with Crippen molar-refractivity contribution in [2.24, 2.45) is 0 Å². The van der Waals surface area contributed by atoms with E-state index in [2.05, 4.69) is 137 Å². The molecule has 6 heteroatoms. The second-order valence-corrected chi connectivity index (χ2v) is 14.1. The van der Waals surface area contributed by atoms with Crippen LogP contribution in [0.2, 0.25) is 0 Å². The molecule has 0 amide bonds. The van der Waals surface area contributed by atoms with E-state index in [1.807, 2.05) is 48.5 Å². The number of furan rings is 1. The molecular formula is C49H29N5O. The third-order valence-electron chi connectivity index (χ3n) is 11.0. The fourth-order valence-corrected chi connectivity index (χ4v) is 8.47. The normalized spacial score (nSPS) is 12.0. The van der Waals surface area contributed by atoms with E-state index in [1.54, 1.807) is 0 Å². The predicted octanol–water partition coefficient (Wildman–Crippen LogP) is 12.5. The molecule has 0 radical (unpaired) electrons. The van der Waals surface area contributed by atoms with Crippen LogP contribution in [0.5, 0.6) is 0 Å². The zero-order chi connectivity index (χ0) is 36.0. The van der Waals surface area contributed by atoms with E-state index < -0.39 is 0 Å². The Morgan fingerprint density at radius 2 is 0.964 bits per heavy atom. The molecular weight excluding hydrogens is 675 g/mol. The van der Waals surface area contributed by atoms with Crippen molar-refractivity contribution in [2.75, 3.05) is 0 Å². The first kappa shape index (κ1) is 29.9. The topological polar surface area (TPSA) is 61.7 Å². The monoisotopic (exact) mass is 703 g/mol. The van der Waals surface area contributed by atoms with Gasteiger partial charge in [-0.25, -0.2) is 4.98 Å². The van der Waals surface area contributed by atoms with Crippen molar-refractivity contribution in [3.8, 4) is 34.4 Å². The van der Waals surface area contributed by atoms with Gasteiger partial charge in [0, 0.05) is 49.1 Å². The molecule has 4 aromatic heterocycles. The van der Waals surface area contributed by atoms with E-state index in [9.17, 15) is 0 Å². The number of rotatable bonds is 4. The van der Waals surface area contributed by atoms with Crippen molar-refractivity contribution in [3.05, 3.63) is 176 Å². The number of aromatic nitrogens is 5. The lowest BCUT2D eigenvalue weighted by atomic mass is 10.1. The van der Waals surface area contributed by atoms with Crippen molar-refractivity contribution in [1.82, 2.24) is 24.1 Å². The maximum Gasteiger partial charge on any atom is 0.238 e. The van der Waals surface area contributed by atoms with E-state index in [0.29, 0.717) is 17.6 Å². The summed E-state index contributed by atoms with van der Waals surface area (Å²) in [5.41, 5.74) is 8.87. The van der Waals surface area contributed by atoms with Gasteiger partial charge < -0.3 is 8.98 Å². The van der Waals surface area contributed by atoms with Crippen LogP contribution in [-0.4, -0.2) is 24.1 Å². The molecule has 0 saturated heterocycles. The highest BCUT2D eigenvalue weighted by Crippen LogP contribution is 2.42. The molecule has 0 aliphatic heterocycles. The molecule has 12 aromatic rings.